The largest absolute Gasteiger partial charge is 0.362 e. The summed E-state index contributed by atoms with van der Waals surface area (Å²) in [6.07, 6.45) is 9.42. The lowest BCUT2D eigenvalue weighted by Gasteiger charge is -2.30. The van der Waals surface area contributed by atoms with Crippen LogP contribution < -0.4 is 20.9 Å². The van der Waals surface area contributed by atoms with Crippen molar-refractivity contribution in [2.45, 2.75) is 69.9 Å². The van der Waals surface area contributed by atoms with Gasteiger partial charge in [-0.05, 0) is 69.2 Å². The molecule has 1 fully saturated rings. The maximum absolute atomic E-state index is 12.2. The van der Waals surface area contributed by atoms with Crippen molar-refractivity contribution >= 4 is 29.1 Å². The molecule has 0 bridgehead atoms. The van der Waals surface area contributed by atoms with E-state index in [0.717, 1.165) is 56.7 Å². The molecule has 0 aromatic carbocycles. The summed E-state index contributed by atoms with van der Waals surface area (Å²) in [5.41, 5.74) is 2.53. The first-order valence-electron chi connectivity index (χ1n) is 11.5. The smallest absolute Gasteiger partial charge is 0.315 e. The molecule has 2 amide bonds. The van der Waals surface area contributed by atoms with Gasteiger partial charge in [0, 0.05) is 43.2 Å². The number of amides is 2. The lowest BCUT2D eigenvalue weighted by molar-refractivity contribution is 0.232. The second kappa shape index (κ2) is 10.3. The minimum Gasteiger partial charge on any atom is -0.362 e. The molecule has 8 heteroatoms. The fourth-order valence-electron chi connectivity index (χ4n) is 4.56. The Balaban J connectivity index is 1.24. The standard InChI is InChI=1S/C23H34N6OS/c1-29(2)21-19-7-3-4-8-20(19)27-22(28-21)25-16-9-11-17(12-10-16)26-23(30)24-14-13-18-6-5-15-31-18/h5-6,15-17H,3-4,7-14H2,1-2H3,(H2,24,26,30)(H,25,27,28)/t16-,17+. The minimum absolute atomic E-state index is 0.0541. The van der Waals surface area contributed by atoms with Crippen molar-refractivity contribution in [1.82, 2.24) is 20.6 Å². The Hall–Kier alpha value is -2.35. The highest BCUT2D eigenvalue weighted by Crippen LogP contribution is 2.29. The summed E-state index contributed by atoms with van der Waals surface area (Å²) in [6, 6.07) is 4.69. The number of urea groups is 1. The fourth-order valence-corrected chi connectivity index (χ4v) is 5.27. The van der Waals surface area contributed by atoms with Crippen LogP contribution in [0.5, 0.6) is 0 Å². The molecule has 0 aliphatic heterocycles. The van der Waals surface area contributed by atoms with Gasteiger partial charge in [0.1, 0.15) is 5.82 Å². The van der Waals surface area contributed by atoms with E-state index in [9.17, 15) is 4.79 Å². The van der Waals surface area contributed by atoms with Crippen molar-refractivity contribution in [1.29, 1.82) is 0 Å². The highest BCUT2D eigenvalue weighted by molar-refractivity contribution is 7.09. The number of hydrogen-bond donors (Lipinski definition) is 3. The average Bonchev–Trinajstić information content (AvgIpc) is 3.28. The Morgan fingerprint density at radius 3 is 2.65 bits per heavy atom. The lowest BCUT2D eigenvalue weighted by Crippen LogP contribution is -2.45. The Morgan fingerprint density at radius 2 is 1.90 bits per heavy atom. The number of carbonyl (C=O) groups excluding carboxylic acids is 1. The molecule has 2 aromatic heterocycles. The Labute approximate surface area is 189 Å². The molecular weight excluding hydrogens is 408 g/mol. The van der Waals surface area contributed by atoms with E-state index in [-0.39, 0.29) is 12.1 Å². The molecule has 2 aliphatic rings. The molecule has 7 nitrogen and oxygen atoms in total. The van der Waals surface area contributed by atoms with Gasteiger partial charge in [0.25, 0.3) is 0 Å². The van der Waals surface area contributed by atoms with Gasteiger partial charge in [0.15, 0.2) is 0 Å². The summed E-state index contributed by atoms with van der Waals surface area (Å²) in [5, 5.41) is 11.8. The molecule has 2 heterocycles. The van der Waals surface area contributed by atoms with Gasteiger partial charge in [0.2, 0.25) is 5.95 Å². The zero-order chi connectivity index (χ0) is 21.6. The molecule has 2 aliphatic carbocycles. The molecule has 0 unspecified atom stereocenters. The Bertz CT molecular complexity index is 861. The lowest BCUT2D eigenvalue weighted by atomic mass is 9.91. The van der Waals surface area contributed by atoms with Crippen molar-refractivity contribution in [2.24, 2.45) is 0 Å². The maximum atomic E-state index is 12.2. The van der Waals surface area contributed by atoms with Gasteiger partial charge < -0.3 is 20.9 Å². The van der Waals surface area contributed by atoms with E-state index in [1.807, 2.05) is 6.07 Å². The van der Waals surface area contributed by atoms with Gasteiger partial charge in [-0.3, -0.25) is 0 Å². The third-order valence-electron chi connectivity index (χ3n) is 6.22. The third kappa shape index (κ3) is 5.87. The molecule has 0 saturated heterocycles. The van der Waals surface area contributed by atoms with Crippen LogP contribution in [0.2, 0.25) is 0 Å². The first kappa shape index (κ1) is 21.9. The van der Waals surface area contributed by atoms with Crippen molar-refractivity contribution < 1.29 is 4.79 Å². The van der Waals surface area contributed by atoms with E-state index in [0.29, 0.717) is 12.6 Å². The summed E-state index contributed by atoms with van der Waals surface area (Å²) in [7, 11) is 4.12. The van der Waals surface area contributed by atoms with E-state index in [2.05, 4.69) is 46.4 Å². The number of fused-ring (bicyclic) bond motifs is 1. The number of thiophene rings is 1. The molecule has 168 valence electrons. The van der Waals surface area contributed by atoms with E-state index >= 15 is 0 Å². The summed E-state index contributed by atoms with van der Waals surface area (Å²) >= 11 is 1.73. The van der Waals surface area contributed by atoms with Gasteiger partial charge >= 0.3 is 6.03 Å². The van der Waals surface area contributed by atoms with Crippen molar-refractivity contribution in [3.63, 3.8) is 0 Å². The van der Waals surface area contributed by atoms with Crippen LogP contribution in [0.15, 0.2) is 17.5 Å². The fraction of sp³-hybridized carbons (Fsp3) is 0.609. The normalized spacial score (nSPS) is 20.6. The van der Waals surface area contributed by atoms with Gasteiger partial charge in [-0.25, -0.2) is 9.78 Å². The first-order chi connectivity index (χ1) is 15.1. The van der Waals surface area contributed by atoms with Crippen LogP contribution in [-0.2, 0) is 19.3 Å². The molecular formula is C23H34N6OS. The van der Waals surface area contributed by atoms with Crippen molar-refractivity contribution in [2.75, 3.05) is 30.9 Å². The second-order valence-corrected chi connectivity index (χ2v) is 9.85. The Morgan fingerprint density at radius 1 is 1.13 bits per heavy atom. The SMILES string of the molecule is CN(C)c1nc(N[C@H]2CC[C@@H](NC(=O)NCCc3cccs3)CC2)nc2c1CCCC2. The molecule has 0 atom stereocenters. The molecule has 1 saturated carbocycles. The number of aryl methyl sites for hydroxylation is 1. The van der Waals surface area contributed by atoms with Crippen LogP contribution in [-0.4, -0.2) is 48.7 Å². The van der Waals surface area contributed by atoms with Crippen LogP contribution in [0.3, 0.4) is 0 Å². The van der Waals surface area contributed by atoms with E-state index in [1.165, 1.54) is 29.0 Å². The molecule has 4 rings (SSSR count). The summed E-state index contributed by atoms with van der Waals surface area (Å²) in [4.78, 5) is 25.3. The topological polar surface area (TPSA) is 82.2 Å². The maximum Gasteiger partial charge on any atom is 0.315 e. The van der Waals surface area contributed by atoms with E-state index in [1.54, 1.807) is 11.3 Å². The predicted octanol–water partition coefficient (Wildman–Crippen LogP) is 3.75. The highest BCUT2D eigenvalue weighted by Gasteiger charge is 2.24. The molecule has 2 aromatic rings. The summed E-state index contributed by atoms with van der Waals surface area (Å²) in [5.74, 6) is 1.81. The molecule has 0 radical (unpaired) electrons. The zero-order valence-corrected chi connectivity index (χ0v) is 19.4. The molecule has 0 spiro atoms. The summed E-state index contributed by atoms with van der Waals surface area (Å²) < 4.78 is 0. The van der Waals surface area contributed by atoms with E-state index < -0.39 is 0 Å². The molecule has 3 N–H and O–H groups in total. The van der Waals surface area contributed by atoms with Gasteiger partial charge in [-0.15, -0.1) is 11.3 Å². The number of nitrogens with one attached hydrogen (secondary N) is 3. The second-order valence-electron chi connectivity index (χ2n) is 8.82. The zero-order valence-electron chi connectivity index (χ0n) is 18.6. The number of nitrogens with zero attached hydrogens (tertiary/aromatic N) is 3. The molecule has 31 heavy (non-hydrogen) atoms. The van der Waals surface area contributed by atoms with Crippen LogP contribution >= 0.6 is 11.3 Å². The number of anilines is 2. The van der Waals surface area contributed by atoms with Gasteiger partial charge in [0.05, 0.1) is 5.69 Å². The average molecular weight is 443 g/mol. The van der Waals surface area contributed by atoms with Gasteiger partial charge in [-0.2, -0.15) is 4.98 Å². The van der Waals surface area contributed by atoms with E-state index in [4.69, 9.17) is 9.97 Å². The number of aromatic nitrogens is 2. The Kier molecular flexibility index (Phi) is 7.27. The quantitative estimate of drug-likeness (QED) is 0.608. The van der Waals surface area contributed by atoms with Crippen LogP contribution in [0.25, 0.3) is 0 Å². The van der Waals surface area contributed by atoms with Crippen LogP contribution in [0, 0.1) is 0 Å². The van der Waals surface area contributed by atoms with Crippen molar-refractivity contribution in [3.05, 3.63) is 33.6 Å². The van der Waals surface area contributed by atoms with Crippen LogP contribution in [0.1, 0.15) is 54.7 Å². The number of hydrogen-bond acceptors (Lipinski definition) is 6. The third-order valence-corrected chi connectivity index (χ3v) is 7.15. The van der Waals surface area contributed by atoms with Crippen molar-refractivity contribution in [3.8, 4) is 0 Å². The minimum atomic E-state index is -0.0541. The number of rotatable bonds is 7. The number of carbonyl (C=O) groups is 1. The first-order valence-corrected chi connectivity index (χ1v) is 12.4. The highest BCUT2D eigenvalue weighted by atomic mass is 32.1. The predicted molar refractivity (Wildman–Crippen MR) is 127 cm³/mol. The summed E-state index contributed by atoms with van der Waals surface area (Å²) in [6.45, 7) is 0.674. The van der Waals surface area contributed by atoms with Gasteiger partial charge in [-0.1, -0.05) is 6.07 Å². The monoisotopic (exact) mass is 442 g/mol. The van der Waals surface area contributed by atoms with Crippen LogP contribution in [0.4, 0.5) is 16.6 Å².